The Labute approximate surface area is 285 Å². The molecule has 15 heteroatoms. The van der Waals surface area contributed by atoms with E-state index in [1.54, 1.807) is 32.4 Å². The molecule has 3 aromatic carbocycles. The van der Waals surface area contributed by atoms with Crippen LogP contribution in [0.2, 0.25) is 0 Å². The lowest BCUT2D eigenvalue weighted by atomic mass is 9.92. The summed E-state index contributed by atoms with van der Waals surface area (Å²) in [5, 5.41) is 51.9. The van der Waals surface area contributed by atoms with Crippen molar-refractivity contribution in [2.45, 2.75) is 68.9 Å². The van der Waals surface area contributed by atoms with Gasteiger partial charge in [0.15, 0.2) is 29.1 Å². The number of carboxylic acid groups (broad SMARTS) is 1. The molecule has 2 fully saturated rings. The van der Waals surface area contributed by atoms with Crippen molar-refractivity contribution < 1.29 is 73.7 Å². The van der Waals surface area contributed by atoms with Crippen LogP contribution < -0.4 is 24.6 Å². The third kappa shape index (κ3) is 8.11. The van der Waals surface area contributed by atoms with Crippen molar-refractivity contribution in [1.29, 1.82) is 0 Å². The Morgan fingerprint density at radius 2 is 1.54 bits per heavy atom. The quantitative estimate of drug-likeness (QED) is 0.157. The van der Waals surface area contributed by atoms with Crippen molar-refractivity contribution in [2.24, 2.45) is 0 Å². The lowest BCUT2D eigenvalue weighted by Gasteiger charge is -2.32. The number of phenolic OH excluding ortho intramolecular Hbond substituents is 4. The maximum atomic E-state index is 12.9. The minimum atomic E-state index is -1.63. The SMILES string of the molecule is COc1ccc(C(=O)OC2CC3CCC(C2)[NH2+]3)cc1OC.O=C([O-])CCC(=O)OC1C(=O)c2c(O)cc(O)cc2OC1c1ccc(O)c(O)c1. The number of benzene rings is 3. The third-order valence-electron chi connectivity index (χ3n) is 8.70. The van der Waals surface area contributed by atoms with Gasteiger partial charge in [0, 0.05) is 49.3 Å². The van der Waals surface area contributed by atoms with Gasteiger partial charge in [-0.3, -0.25) is 9.59 Å². The molecule has 4 unspecified atom stereocenters. The molecule has 6 N–H and O–H groups in total. The van der Waals surface area contributed by atoms with Gasteiger partial charge in [-0.2, -0.15) is 0 Å². The average Bonchev–Trinajstić information content (AvgIpc) is 3.42. The number of methoxy groups -OCH3 is 2. The normalized spacial score (nSPS) is 21.8. The van der Waals surface area contributed by atoms with E-state index in [9.17, 15) is 44.7 Å². The molecule has 266 valence electrons. The van der Waals surface area contributed by atoms with Crippen LogP contribution in [0.1, 0.15) is 70.9 Å². The summed E-state index contributed by atoms with van der Waals surface area (Å²) in [6, 6.07) is 11.9. The summed E-state index contributed by atoms with van der Waals surface area (Å²) in [5.74, 6) is -4.61. The first kappa shape index (κ1) is 35.6. The molecule has 0 aliphatic carbocycles. The van der Waals surface area contributed by atoms with Crippen molar-refractivity contribution in [3.05, 3.63) is 65.2 Å². The summed E-state index contributed by atoms with van der Waals surface area (Å²) < 4.78 is 26.8. The van der Waals surface area contributed by atoms with E-state index in [2.05, 4.69) is 5.32 Å². The first-order chi connectivity index (χ1) is 23.9. The molecule has 6 rings (SSSR count). The zero-order chi connectivity index (χ0) is 36.1. The zero-order valence-electron chi connectivity index (χ0n) is 27.2. The highest BCUT2D eigenvalue weighted by molar-refractivity contribution is 6.06. The fraction of sp³-hybridized carbons (Fsp3) is 0.371. The number of hydrogen-bond donors (Lipinski definition) is 5. The van der Waals surface area contributed by atoms with Crippen LogP contribution in [0.4, 0.5) is 0 Å². The van der Waals surface area contributed by atoms with Crippen LogP contribution in [0.15, 0.2) is 48.5 Å². The molecule has 0 radical (unpaired) electrons. The van der Waals surface area contributed by atoms with Gasteiger partial charge >= 0.3 is 11.9 Å². The van der Waals surface area contributed by atoms with E-state index in [0.29, 0.717) is 29.1 Å². The van der Waals surface area contributed by atoms with Crippen molar-refractivity contribution in [1.82, 2.24) is 0 Å². The molecule has 50 heavy (non-hydrogen) atoms. The number of phenols is 4. The van der Waals surface area contributed by atoms with Gasteiger partial charge in [-0.25, -0.2) is 4.79 Å². The van der Waals surface area contributed by atoms with Gasteiger partial charge in [0.2, 0.25) is 11.9 Å². The number of aliphatic carboxylic acids is 1. The number of ether oxygens (including phenoxy) is 5. The van der Waals surface area contributed by atoms with Crippen LogP contribution in [0.3, 0.4) is 0 Å². The number of aromatic hydroxyl groups is 4. The van der Waals surface area contributed by atoms with Crippen molar-refractivity contribution in [3.8, 4) is 40.2 Å². The number of quaternary nitrogens is 1. The Morgan fingerprint density at radius 1 is 0.840 bits per heavy atom. The van der Waals surface area contributed by atoms with Crippen LogP contribution in [-0.2, 0) is 19.1 Å². The van der Waals surface area contributed by atoms with E-state index in [0.717, 1.165) is 37.1 Å². The van der Waals surface area contributed by atoms with E-state index in [4.69, 9.17) is 23.7 Å². The molecule has 3 aromatic rings. The zero-order valence-corrected chi connectivity index (χ0v) is 27.2. The molecule has 0 saturated carbocycles. The topological polar surface area (TPSA) is 235 Å². The minimum absolute atomic E-state index is 0.0492. The second-order valence-electron chi connectivity index (χ2n) is 12.1. The number of nitrogens with two attached hydrogens (primary N) is 1. The predicted molar refractivity (Wildman–Crippen MR) is 168 cm³/mol. The molecule has 3 aliphatic heterocycles. The number of piperidine rings is 1. The highest BCUT2D eigenvalue weighted by Gasteiger charge is 2.43. The fourth-order valence-corrected chi connectivity index (χ4v) is 6.33. The number of Topliss-reactive ketones (excluding diaryl/α,β-unsaturated/α-hetero) is 1. The number of hydrogen-bond acceptors (Lipinski definition) is 14. The van der Waals surface area contributed by atoms with Crippen LogP contribution in [0, 0.1) is 0 Å². The van der Waals surface area contributed by atoms with Crippen molar-refractivity contribution in [3.63, 3.8) is 0 Å². The van der Waals surface area contributed by atoms with Gasteiger partial charge in [-0.1, -0.05) is 6.07 Å². The number of carbonyl (C=O) groups is 4. The molecule has 2 saturated heterocycles. The van der Waals surface area contributed by atoms with Crippen LogP contribution in [0.25, 0.3) is 0 Å². The van der Waals surface area contributed by atoms with Crippen molar-refractivity contribution >= 4 is 23.7 Å². The summed E-state index contributed by atoms with van der Waals surface area (Å²) in [4.78, 5) is 47.7. The monoisotopic (exact) mass is 695 g/mol. The fourth-order valence-electron chi connectivity index (χ4n) is 6.33. The lowest BCUT2D eigenvalue weighted by molar-refractivity contribution is -0.712. The Bertz CT molecular complexity index is 1760. The maximum absolute atomic E-state index is 12.9. The van der Waals surface area contributed by atoms with Crippen LogP contribution in [-0.4, -0.2) is 82.6 Å². The van der Waals surface area contributed by atoms with E-state index < -0.39 is 60.0 Å². The standard InChI is InChI=1S/C19H16O10.C16H21NO4/c20-9-6-12(23)16-13(7-9)28-18(8-1-2-10(21)11(22)5-8)19(17(16)27)29-15(26)4-3-14(24)25;1-19-14-6-3-10(7-15(14)20-2)16(18)21-13-8-11-4-5-12(9-13)17-11/h1-2,5-7,18-23H,3-4H2,(H,24,25);3,6-7,11-13,17H,4-5,8-9H2,1-2H3. The molecule has 15 nitrogen and oxygen atoms in total. The molecule has 0 aromatic heterocycles. The molecule has 4 atom stereocenters. The first-order valence-corrected chi connectivity index (χ1v) is 15.8. The minimum Gasteiger partial charge on any atom is -0.550 e. The highest BCUT2D eigenvalue weighted by Crippen LogP contribution is 2.44. The predicted octanol–water partition coefficient (Wildman–Crippen LogP) is 1.38. The van der Waals surface area contributed by atoms with Gasteiger partial charge in [0.05, 0.1) is 38.3 Å². The van der Waals surface area contributed by atoms with Gasteiger partial charge < -0.3 is 59.3 Å². The summed E-state index contributed by atoms with van der Waals surface area (Å²) in [6.07, 6.45) is 0.350. The van der Waals surface area contributed by atoms with Crippen LogP contribution >= 0.6 is 0 Å². The van der Waals surface area contributed by atoms with Crippen LogP contribution in [0.5, 0.6) is 40.2 Å². The third-order valence-corrected chi connectivity index (χ3v) is 8.70. The van der Waals surface area contributed by atoms with E-state index in [1.165, 1.54) is 18.9 Å². The highest BCUT2D eigenvalue weighted by atomic mass is 16.6. The second-order valence-corrected chi connectivity index (χ2v) is 12.1. The number of ketones is 1. The summed E-state index contributed by atoms with van der Waals surface area (Å²) >= 11 is 0. The summed E-state index contributed by atoms with van der Waals surface area (Å²) in [6.45, 7) is 0. The van der Waals surface area contributed by atoms with Gasteiger partial charge in [0.25, 0.3) is 0 Å². The molecule has 0 amide bonds. The second kappa shape index (κ2) is 15.2. The largest absolute Gasteiger partial charge is 0.550 e. The summed E-state index contributed by atoms with van der Waals surface area (Å²) in [5.41, 5.74) is 0.314. The van der Waals surface area contributed by atoms with E-state index >= 15 is 0 Å². The molecular weight excluding hydrogens is 658 g/mol. The van der Waals surface area contributed by atoms with Crippen molar-refractivity contribution in [2.75, 3.05) is 14.2 Å². The number of carboxylic acids is 1. The van der Waals surface area contributed by atoms with Gasteiger partial charge in [0.1, 0.15) is 28.9 Å². The maximum Gasteiger partial charge on any atom is 0.338 e. The van der Waals surface area contributed by atoms with E-state index in [1.807, 2.05) is 0 Å². The van der Waals surface area contributed by atoms with Gasteiger partial charge in [-0.15, -0.1) is 0 Å². The summed E-state index contributed by atoms with van der Waals surface area (Å²) in [7, 11) is 3.13. The molecular formula is C35H37NO14. The number of carbonyl (C=O) groups excluding carboxylic acids is 4. The lowest BCUT2D eigenvalue weighted by Crippen LogP contribution is -2.93. The average molecular weight is 696 g/mol. The molecule has 3 heterocycles. The number of fused-ring (bicyclic) bond motifs is 3. The Hall–Kier alpha value is -5.70. The number of rotatable bonds is 9. The molecule has 3 aliphatic rings. The Balaban J connectivity index is 0.000000204. The smallest absolute Gasteiger partial charge is 0.338 e. The molecule has 2 bridgehead atoms. The first-order valence-electron chi connectivity index (χ1n) is 15.8. The number of esters is 2. The van der Waals surface area contributed by atoms with E-state index in [-0.39, 0.29) is 34.7 Å². The van der Waals surface area contributed by atoms with Gasteiger partial charge in [-0.05, 0) is 36.8 Å². The Morgan fingerprint density at radius 3 is 2.18 bits per heavy atom. The molecule has 0 spiro atoms. The Kier molecular flexibility index (Phi) is 10.9.